The molecule has 0 spiro atoms. The summed E-state index contributed by atoms with van der Waals surface area (Å²) in [4.78, 5) is 17.5. The first-order valence-electron chi connectivity index (χ1n) is 5.46. The highest BCUT2D eigenvalue weighted by Crippen LogP contribution is 2.22. The molecule has 2 heterocycles. The van der Waals surface area contributed by atoms with Gasteiger partial charge in [-0.3, -0.25) is 14.4 Å². The Kier molecular flexibility index (Phi) is 2.91. The number of aliphatic hydroxyl groups excluding tert-OH is 1. The molecule has 1 unspecified atom stereocenters. The zero-order chi connectivity index (χ0) is 11.7. The third kappa shape index (κ3) is 1.80. The molecular weight excluding hydrogens is 208 g/mol. The van der Waals surface area contributed by atoms with Gasteiger partial charge in [-0.25, -0.2) is 0 Å². The van der Waals surface area contributed by atoms with Crippen LogP contribution in [0.3, 0.4) is 0 Å². The Morgan fingerprint density at radius 3 is 2.81 bits per heavy atom. The number of rotatable bonds is 3. The van der Waals surface area contributed by atoms with E-state index in [2.05, 4.69) is 10.1 Å². The number of hydrogen-bond donors (Lipinski definition) is 1. The molecule has 0 bridgehead atoms. The van der Waals surface area contributed by atoms with E-state index in [-0.39, 0.29) is 18.4 Å². The molecule has 2 rings (SSSR count). The highest BCUT2D eigenvalue weighted by Gasteiger charge is 2.32. The number of carbonyl (C=O) groups excluding carboxylic acids is 1. The van der Waals surface area contributed by atoms with Crippen molar-refractivity contribution in [1.29, 1.82) is 0 Å². The molecule has 1 aliphatic rings. The van der Waals surface area contributed by atoms with Gasteiger partial charge in [-0.2, -0.15) is 4.98 Å². The fourth-order valence-corrected chi connectivity index (χ4v) is 1.92. The van der Waals surface area contributed by atoms with Crippen molar-refractivity contribution >= 4 is 11.9 Å². The Labute approximate surface area is 93.9 Å². The van der Waals surface area contributed by atoms with E-state index in [1.54, 1.807) is 9.58 Å². The summed E-state index contributed by atoms with van der Waals surface area (Å²) in [6.45, 7) is 2.55. The molecule has 1 aromatic heterocycles. The molecule has 1 aromatic rings. The second kappa shape index (κ2) is 4.21. The van der Waals surface area contributed by atoms with E-state index in [0.717, 1.165) is 12.2 Å². The van der Waals surface area contributed by atoms with Gasteiger partial charge in [0.15, 0.2) is 0 Å². The van der Waals surface area contributed by atoms with Crippen LogP contribution in [0.15, 0.2) is 0 Å². The summed E-state index contributed by atoms with van der Waals surface area (Å²) in [7, 11) is 1.82. The second-order valence-electron chi connectivity index (χ2n) is 4.06. The maximum atomic E-state index is 11.7. The number of anilines is 1. The van der Waals surface area contributed by atoms with E-state index in [4.69, 9.17) is 5.11 Å². The molecule has 6 heteroatoms. The van der Waals surface area contributed by atoms with Gasteiger partial charge in [-0.1, -0.05) is 6.92 Å². The van der Waals surface area contributed by atoms with Gasteiger partial charge in [-0.15, -0.1) is 5.10 Å². The summed E-state index contributed by atoms with van der Waals surface area (Å²) in [5.41, 5.74) is 0. The summed E-state index contributed by atoms with van der Waals surface area (Å²) < 4.78 is 1.69. The van der Waals surface area contributed by atoms with Crippen molar-refractivity contribution in [2.45, 2.75) is 19.8 Å². The molecule has 0 aliphatic carbocycles. The molecule has 0 aromatic carbocycles. The first-order chi connectivity index (χ1) is 7.65. The van der Waals surface area contributed by atoms with Crippen LogP contribution in [0, 0.1) is 5.92 Å². The molecule has 16 heavy (non-hydrogen) atoms. The average molecular weight is 224 g/mol. The number of amides is 1. The van der Waals surface area contributed by atoms with E-state index in [9.17, 15) is 4.79 Å². The van der Waals surface area contributed by atoms with E-state index in [1.807, 2.05) is 14.0 Å². The van der Waals surface area contributed by atoms with Crippen molar-refractivity contribution in [1.82, 2.24) is 14.8 Å². The van der Waals surface area contributed by atoms with Gasteiger partial charge in [-0.05, 0) is 0 Å². The van der Waals surface area contributed by atoms with Crippen molar-refractivity contribution in [2.24, 2.45) is 13.0 Å². The monoisotopic (exact) mass is 224 g/mol. The summed E-state index contributed by atoms with van der Waals surface area (Å²) >= 11 is 0. The van der Waals surface area contributed by atoms with Crippen LogP contribution in [0.1, 0.15) is 19.2 Å². The third-order valence-corrected chi connectivity index (χ3v) is 2.86. The van der Waals surface area contributed by atoms with Crippen LogP contribution in [0.25, 0.3) is 0 Å². The summed E-state index contributed by atoms with van der Waals surface area (Å²) in [5.74, 6) is 1.32. The van der Waals surface area contributed by atoms with E-state index in [1.165, 1.54) is 0 Å². The topological polar surface area (TPSA) is 71.2 Å². The smallest absolute Gasteiger partial charge is 0.251 e. The number of carbonyl (C=O) groups is 1. The lowest BCUT2D eigenvalue weighted by molar-refractivity contribution is -0.117. The van der Waals surface area contributed by atoms with Crippen LogP contribution in [-0.2, 0) is 18.3 Å². The van der Waals surface area contributed by atoms with Crippen LogP contribution in [0.4, 0.5) is 5.95 Å². The van der Waals surface area contributed by atoms with Crippen LogP contribution in [0.2, 0.25) is 0 Å². The molecule has 0 radical (unpaired) electrons. The highest BCUT2D eigenvalue weighted by atomic mass is 16.3. The van der Waals surface area contributed by atoms with Crippen LogP contribution in [-0.4, -0.2) is 38.9 Å². The minimum Gasteiger partial charge on any atom is -0.396 e. The van der Waals surface area contributed by atoms with Crippen LogP contribution < -0.4 is 4.90 Å². The number of aryl methyl sites for hydroxylation is 2. The predicted octanol–water partition coefficient (Wildman–Crippen LogP) is -0.277. The molecule has 0 saturated carbocycles. The zero-order valence-electron chi connectivity index (χ0n) is 9.55. The maximum Gasteiger partial charge on any atom is 0.251 e. The lowest BCUT2D eigenvalue weighted by Gasteiger charge is -2.10. The van der Waals surface area contributed by atoms with Crippen molar-refractivity contribution in [3.8, 4) is 0 Å². The van der Waals surface area contributed by atoms with E-state index >= 15 is 0 Å². The fraction of sp³-hybridized carbons (Fsp3) is 0.700. The maximum absolute atomic E-state index is 11.7. The minimum absolute atomic E-state index is 0.00713. The SMILES string of the molecule is CCc1nc(N2CC(CO)CC2=O)nn1C. The number of aromatic nitrogens is 3. The lowest BCUT2D eigenvalue weighted by Crippen LogP contribution is -2.26. The Bertz CT molecular complexity index is 402. The molecule has 1 amide bonds. The van der Waals surface area contributed by atoms with Crippen molar-refractivity contribution in [3.05, 3.63) is 5.82 Å². The molecular formula is C10H16N4O2. The summed E-state index contributed by atoms with van der Waals surface area (Å²) in [5, 5.41) is 13.2. The van der Waals surface area contributed by atoms with Crippen molar-refractivity contribution in [2.75, 3.05) is 18.1 Å². The van der Waals surface area contributed by atoms with Crippen LogP contribution in [0.5, 0.6) is 0 Å². The molecule has 1 fully saturated rings. The first kappa shape index (κ1) is 11.1. The van der Waals surface area contributed by atoms with Gasteiger partial charge in [0.05, 0.1) is 0 Å². The molecule has 1 aliphatic heterocycles. The molecule has 6 nitrogen and oxygen atoms in total. The van der Waals surface area contributed by atoms with Gasteiger partial charge in [0.25, 0.3) is 5.95 Å². The predicted molar refractivity (Wildman–Crippen MR) is 57.9 cm³/mol. The first-order valence-corrected chi connectivity index (χ1v) is 5.46. The number of hydrogen-bond acceptors (Lipinski definition) is 4. The van der Waals surface area contributed by atoms with Gasteiger partial charge in [0, 0.05) is 39.0 Å². The minimum atomic E-state index is -0.00713. The number of aliphatic hydroxyl groups is 1. The Morgan fingerprint density at radius 1 is 1.56 bits per heavy atom. The van der Waals surface area contributed by atoms with E-state index in [0.29, 0.717) is 18.9 Å². The summed E-state index contributed by atoms with van der Waals surface area (Å²) in [6, 6.07) is 0. The van der Waals surface area contributed by atoms with Gasteiger partial charge >= 0.3 is 0 Å². The van der Waals surface area contributed by atoms with Gasteiger partial charge < -0.3 is 5.11 Å². The zero-order valence-corrected chi connectivity index (χ0v) is 9.55. The average Bonchev–Trinajstić information content (AvgIpc) is 2.81. The lowest BCUT2D eigenvalue weighted by atomic mass is 10.1. The molecule has 1 saturated heterocycles. The standard InChI is InChI=1S/C10H16N4O2/c1-3-8-11-10(12-13(8)2)14-5-7(6-15)4-9(14)16/h7,15H,3-6H2,1-2H3. The fourth-order valence-electron chi connectivity index (χ4n) is 1.92. The molecule has 1 N–H and O–H groups in total. The third-order valence-electron chi connectivity index (χ3n) is 2.86. The Hall–Kier alpha value is -1.43. The van der Waals surface area contributed by atoms with Crippen LogP contribution >= 0.6 is 0 Å². The quantitative estimate of drug-likeness (QED) is 0.766. The largest absolute Gasteiger partial charge is 0.396 e. The number of nitrogens with zero attached hydrogens (tertiary/aromatic N) is 4. The normalized spacial score (nSPS) is 20.8. The van der Waals surface area contributed by atoms with Gasteiger partial charge in [0.2, 0.25) is 5.91 Å². The Morgan fingerprint density at radius 2 is 2.31 bits per heavy atom. The molecule has 1 atom stereocenters. The van der Waals surface area contributed by atoms with Gasteiger partial charge in [0.1, 0.15) is 5.82 Å². The highest BCUT2D eigenvalue weighted by molar-refractivity contribution is 5.94. The Balaban J connectivity index is 2.21. The van der Waals surface area contributed by atoms with E-state index < -0.39 is 0 Å². The summed E-state index contributed by atoms with van der Waals surface area (Å²) in [6.07, 6.45) is 1.17. The second-order valence-corrected chi connectivity index (χ2v) is 4.06. The molecule has 88 valence electrons. The van der Waals surface area contributed by atoms with Crippen molar-refractivity contribution < 1.29 is 9.90 Å². The van der Waals surface area contributed by atoms with Crippen molar-refractivity contribution in [3.63, 3.8) is 0 Å².